The number of pyridine rings is 1. The Kier molecular flexibility index (Phi) is 3.18. The van der Waals surface area contributed by atoms with E-state index in [0.29, 0.717) is 22.9 Å². The van der Waals surface area contributed by atoms with Crippen LogP contribution in [0, 0.1) is 6.92 Å². The molecule has 0 saturated carbocycles. The average Bonchev–Trinajstić information content (AvgIpc) is 2.80. The largest absolute Gasteiger partial charge is 0.384 e. The van der Waals surface area contributed by atoms with Crippen LogP contribution < -0.4 is 11.1 Å². The van der Waals surface area contributed by atoms with E-state index in [1.807, 2.05) is 0 Å². The van der Waals surface area contributed by atoms with Crippen molar-refractivity contribution in [2.45, 2.75) is 19.9 Å². The number of carbonyl (C=O) groups is 1. The summed E-state index contributed by atoms with van der Waals surface area (Å²) in [6, 6.07) is 2.84. The number of rotatable bonds is 3. The number of anilines is 1. The van der Waals surface area contributed by atoms with Gasteiger partial charge in [0.15, 0.2) is 5.82 Å². The Morgan fingerprint density at radius 2 is 2.28 bits per heavy atom. The lowest BCUT2D eigenvalue weighted by atomic mass is 10.2. The third kappa shape index (κ3) is 2.59. The molecule has 8 heteroatoms. The number of nitrogens with two attached hydrogens (primary N) is 1. The number of aromatic amines is 1. The molecule has 0 aliphatic heterocycles. The van der Waals surface area contributed by atoms with Crippen LogP contribution in [0.1, 0.15) is 34.8 Å². The summed E-state index contributed by atoms with van der Waals surface area (Å²) < 4.78 is 0. The summed E-state index contributed by atoms with van der Waals surface area (Å²) in [6.07, 6.45) is 0. The number of hydrogen-bond acceptors (Lipinski definition) is 6. The number of hydrogen-bond donors (Lipinski definition) is 3. The molecule has 18 heavy (non-hydrogen) atoms. The summed E-state index contributed by atoms with van der Waals surface area (Å²) in [6.45, 7) is 3.54. The zero-order valence-electron chi connectivity index (χ0n) is 10.0. The number of nitrogens with one attached hydrogen (secondary N) is 2. The third-order valence-electron chi connectivity index (χ3n) is 2.33. The van der Waals surface area contributed by atoms with Crippen LogP contribution in [0.4, 0.5) is 5.82 Å². The predicted octanol–water partition coefficient (Wildman–Crippen LogP) is -0.0237. The Morgan fingerprint density at radius 3 is 2.89 bits per heavy atom. The van der Waals surface area contributed by atoms with E-state index in [0.717, 1.165) is 0 Å². The number of aryl methyl sites for hydroxylation is 1. The molecule has 1 unspecified atom stereocenters. The summed E-state index contributed by atoms with van der Waals surface area (Å²) in [5.41, 5.74) is 6.73. The van der Waals surface area contributed by atoms with E-state index in [9.17, 15) is 4.79 Å². The van der Waals surface area contributed by atoms with E-state index in [4.69, 9.17) is 5.73 Å². The Morgan fingerprint density at radius 1 is 1.50 bits per heavy atom. The fourth-order valence-corrected chi connectivity index (χ4v) is 1.52. The van der Waals surface area contributed by atoms with Gasteiger partial charge in [0.2, 0.25) is 0 Å². The van der Waals surface area contributed by atoms with Crippen molar-refractivity contribution in [1.29, 1.82) is 0 Å². The lowest BCUT2D eigenvalue weighted by molar-refractivity contribution is 0.0938. The van der Waals surface area contributed by atoms with E-state index in [-0.39, 0.29) is 11.9 Å². The van der Waals surface area contributed by atoms with Crippen LogP contribution in [0.3, 0.4) is 0 Å². The van der Waals surface area contributed by atoms with Crippen molar-refractivity contribution in [1.82, 2.24) is 30.9 Å². The van der Waals surface area contributed by atoms with E-state index >= 15 is 0 Å². The van der Waals surface area contributed by atoms with Crippen LogP contribution in [0.5, 0.6) is 0 Å². The molecule has 0 saturated heterocycles. The lowest BCUT2D eigenvalue weighted by Gasteiger charge is -2.10. The first-order valence-electron chi connectivity index (χ1n) is 5.34. The molecule has 0 bridgehead atoms. The van der Waals surface area contributed by atoms with Gasteiger partial charge in [-0.3, -0.25) is 4.79 Å². The molecule has 94 valence electrons. The third-order valence-corrected chi connectivity index (χ3v) is 2.33. The number of H-pyrrole nitrogens is 1. The van der Waals surface area contributed by atoms with Gasteiger partial charge in [-0.25, -0.2) is 4.98 Å². The molecule has 1 atom stereocenters. The van der Waals surface area contributed by atoms with Crippen LogP contribution in [-0.4, -0.2) is 31.5 Å². The second-order valence-corrected chi connectivity index (χ2v) is 3.89. The zero-order valence-corrected chi connectivity index (χ0v) is 10.0. The van der Waals surface area contributed by atoms with Crippen molar-refractivity contribution in [2.75, 3.05) is 5.73 Å². The topological polar surface area (TPSA) is 122 Å². The van der Waals surface area contributed by atoms with Gasteiger partial charge in [-0.2, -0.15) is 5.21 Å². The number of amides is 1. The molecule has 2 aromatic rings. The van der Waals surface area contributed by atoms with Gasteiger partial charge >= 0.3 is 0 Å². The maximum atomic E-state index is 12.0. The Labute approximate surface area is 103 Å². The van der Waals surface area contributed by atoms with Gasteiger partial charge in [0.25, 0.3) is 5.91 Å². The standard InChI is InChI=1S/C10H13N7O/c1-5-3-7(4-8(11)12-5)10(18)13-6(2)9-14-16-17-15-9/h3-4,6H,1-2H3,(H2,11,12)(H,13,18)(H,14,15,16,17). The SMILES string of the molecule is Cc1cc(C(=O)NC(C)c2nn[nH]n2)cc(N)n1. The second-order valence-electron chi connectivity index (χ2n) is 3.89. The minimum Gasteiger partial charge on any atom is -0.384 e. The molecule has 0 aromatic carbocycles. The second kappa shape index (κ2) is 4.78. The summed E-state index contributed by atoms with van der Waals surface area (Å²) >= 11 is 0. The minimum atomic E-state index is -0.342. The zero-order chi connectivity index (χ0) is 13.1. The molecule has 8 nitrogen and oxygen atoms in total. The molecule has 2 rings (SSSR count). The molecule has 0 spiro atoms. The van der Waals surface area contributed by atoms with Gasteiger partial charge in [0, 0.05) is 11.3 Å². The molecule has 0 radical (unpaired) electrons. The summed E-state index contributed by atoms with van der Waals surface area (Å²) in [5.74, 6) is 0.471. The van der Waals surface area contributed by atoms with Crippen molar-refractivity contribution < 1.29 is 4.79 Å². The van der Waals surface area contributed by atoms with Crippen LogP contribution >= 0.6 is 0 Å². The average molecular weight is 247 g/mol. The first-order valence-corrected chi connectivity index (χ1v) is 5.34. The number of carbonyl (C=O) groups excluding carboxylic acids is 1. The van der Waals surface area contributed by atoms with Gasteiger partial charge < -0.3 is 11.1 Å². The van der Waals surface area contributed by atoms with Crippen LogP contribution in [0.15, 0.2) is 12.1 Å². The smallest absolute Gasteiger partial charge is 0.252 e. The molecule has 1 amide bonds. The molecular formula is C10H13N7O. The monoisotopic (exact) mass is 247 g/mol. The van der Waals surface area contributed by atoms with Crippen molar-refractivity contribution >= 4 is 11.7 Å². The molecule has 4 N–H and O–H groups in total. The van der Waals surface area contributed by atoms with Crippen molar-refractivity contribution in [3.8, 4) is 0 Å². The fourth-order valence-electron chi connectivity index (χ4n) is 1.52. The minimum absolute atomic E-state index is 0.260. The van der Waals surface area contributed by atoms with E-state index in [1.54, 1.807) is 19.9 Å². The number of aromatic nitrogens is 5. The van der Waals surface area contributed by atoms with E-state index in [2.05, 4.69) is 30.9 Å². The molecule has 2 heterocycles. The molecule has 2 aromatic heterocycles. The van der Waals surface area contributed by atoms with Gasteiger partial charge in [-0.15, -0.1) is 10.2 Å². The molecular weight excluding hydrogens is 234 g/mol. The van der Waals surface area contributed by atoms with E-state index in [1.165, 1.54) is 6.07 Å². The summed E-state index contributed by atoms with van der Waals surface area (Å²) in [5, 5.41) is 16.1. The first-order chi connectivity index (χ1) is 8.56. The normalized spacial score (nSPS) is 12.1. The van der Waals surface area contributed by atoms with Crippen LogP contribution in [-0.2, 0) is 0 Å². The van der Waals surface area contributed by atoms with Crippen LogP contribution in [0.25, 0.3) is 0 Å². The predicted molar refractivity (Wildman–Crippen MR) is 63.4 cm³/mol. The van der Waals surface area contributed by atoms with Crippen molar-refractivity contribution in [3.05, 3.63) is 29.2 Å². The maximum Gasteiger partial charge on any atom is 0.252 e. The number of tetrazole rings is 1. The van der Waals surface area contributed by atoms with Gasteiger partial charge in [-0.1, -0.05) is 5.21 Å². The Hall–Kier alpha value is -2.51. The van der Waals surface area contributed by atoms with E-state index < -0.39 is 0 Å². The molecule has 0 aliphatic carbocycles. The highest BCUT2D eigenvalue weighted by molar-refractivity contribution is 5.95. The quantitative estimate of drug-likeness (QED) is 0.700. The highest BCUT2D eigenvalue weighted by Crippen LogP contribution is 2.10. The van der Waals surface area contributed by atoms with Gasteiger partial charge in [0.05, 0.1) is 6.04 Å². The Balaban J connectivity index is 2.12. The highest BCUT2D eigenvalue weighted by Gasteiger charge is 2.15. The maximum absolute atomic E-state index is 12.0. The highest BCUT2D eigenvalue weighted by atomic mass is 16.1. The van der Waals surface area contributed by atoms with Crippen molar-refractivity contribution in [3.63, 3.8) is 0 Å². The lowest BCUT2D eigenvalue weighted by Crippen LogP contribution is -2.27. The first kappa shape index (κ1) is 12.0. The van der Waals surface area contributed by atoms with Crippen molar-refractivity contribution in [2.24, 2.45) is 0 Å². The fraction of sp³-hybridized carbons (Fsp3) is 0.300. The molecule has 0 fully saturated rings. The summed E-state index contributed by atoms with van der Waals surface area (Å²) in [4.78, 5) is 16.0. The van der Waals surface area contributed by atoms with Gasteiger partial charge in [0.1, 0.15) is 5.82 Å². The number of nitrogens with zero attached hydrogens (tertiary/aromatic N) is 4. The summed E-state index contributed by atoms with van der Waals surface area (Å²) in [7, 11) is 0. The van der Waals surface area contributed by atoms with Gasteiger partial charge in [-0.05, 0) is 26.0 Å². The van der Waals surface area contributed by atoms with Crippen LogP contribution in [0.2, 0.25) is 0 Å². The Bertz CT molecular complexity index is 531. The molecule has 0 aliphatic rings. The number of nitrogen functional groups attached to an aromatic ring is 1.